The fourth-order valence-electron chi connectivity index (χ4n) is 4.85. The number of hydrogen-bond acceptors (Lipinski definition) is 9. The van der Waals surface area contributed by atoms with Gasteiger partial charge in [0.15, 0.2) is 26.8 Å². The van der Waals surface area contributed by atoms with Crippen LogP contribution < -0.4 is 27.6 Å². The van der Waals surface area contributed by atoms with E-state index in [1.165, 1.54) is 42.0 Å². The van der Waals surface area contributed by atoms with Gasteiger partial charge in [0.2, 0.25) is 5.95 Å². The number of carbonyl (C=O) groups is 1. The highest BCUT2D eigenvalue weighted by atomic mass is 32.2. The molecule has 1 fully saturated rings. The number of ketones is 1. The topological polar surface area (TPSA) is 168 Å². The number of rotatable bonds is 9. The lowest BCUT2D eigenvalue weighted by Gasteiger charge is -2.31. The van der Waals surface area contributed by atoms with Gasteiger partial charge in [0.05, 0.1) is 17.2 Å². The molecule has 12 nitrogen and oxygen atoms in total. The average Bonchev–Trinajstić information content (AvgIpc) is 3.31. The van der Waals surface area contributed by atoms with Gasteiger partial charge in [-0.1, -0.05) is 35.9 Å². The summed E-state index contributed by atoms with van der Waals surface area (Å²) >= 11 is 0. The number of fused-ring (bicyclic) bond motifs is 1. The Kier molecular flexibility index (Phi) is 8.45. The number of imidazole rings is 1. The molecule has 4 rings (SSSR count). The summed E-state index contributed by atoms with van der Waals surface area (Å²) in [6, 6.07) is 5.68. The maximum atomic E-state index is 13.8. The molecular weight excluding hydrogens is 534 g/mol. The number of aryl methyl sites for hydroxylation is 1. The molecule has 0 amide bonds. The van der Waals surface area contributed by atoms with Crippen molar-refractivity contribution in [2.24, 2.45) is 18.5 Å². The zero-order valence-electron chi connectivity index (χ0n) is 22.9. The number of nitrogens with zero attached hydrogens (tertiary/aromatic N) is 5. The van der Waals surface area contributed by atoms with Crippen molar-refractivity contribution in [1.82, 2.24) is 18.7 Å². The highest BCUT2D eigenvalue weighted by Crippen LogP contribution is 2.24. The molecule has 1 aliphatic heterocycles. The standard InChI is InChI=1S/C27H35N7O5S/c1-18(2)11-14-33-23-24(30-26(33)32-13-6-8-19(29)16-32)31(3)27(37)34(25(23)36)17-21(35)20-9-4-5-10-22(20)40(38,39)15-7-12-28/h4-5,7,9-12,19H,6,8,13-17,28-29H2,1-3H3. The summed E-state index contributed by atoms with van der Waals surface area (Å²) in [6.07, 6.45) is 6.09. The summed E-state index contributed by atoms with van der Waals surface area (Å²) in [5.41, 5.74) is 11.4. The molecular formula is C27H35N7O5S. The molecule has 1 atom stereocenters. The number of aromatic nitrogens is 4. The van der Waals surface area contributed by atoms with Crippen molar-refractivity contribution in [2.45, 2.75) is 50.7 Å². The molecule has 3 heterocycles. The van der Waals surface area contributed by atoms with E-state index in [4.69, 9.17) is 16.5 Å². The summed E-state index contributed by atoms with van der Waals surface area (Å²) in [7, 11) is -2.39. The predicted molar refractivity (Wildman–Crippen MR) is 154 cm³/mol. The third-order valence-electron chi connectivity index (χ3n) is 6.91. The van der Waals surface area contributed by atoms with Crippen molar-refractivity contribution in [2.75, 3.05) is 23.7 Å². The van der Waals surface area contributed by atoms with E-state index in [0.717, 1.165) is 29.2 Å². The van der Waals surface area contributed by atoms with Gasteiger partial charge in [0, 0.05) is 38.3 Å². The minimum atomic E-state index is -3.88. The second kappa shape index (κ2) is 11.6. The predicted octanol–water partition coefficient (Wildman–Crippen LogP) is 0.919. The Labute approximate surface area is 232 Å². The third-order valence-corrected chi connectivity index (χ3v) is 8.57. The zero-order chi connectivity index (χ0) is 29.2. The lowest BCUT2D eigenvalue weighted by atomic mass is 10.1. The van der Waals surface area contributed by atoms with Crippen LogP contribution in [0.25, 0.3) is 11.2 Å². The molecule has 2 aromatic heterocycles. The Morgan fingerprint density at radius 2 is 1.90 bits per heavy atom. The van der Waals surface area contributed by atoms with Gasteiger partial charge in [0.25, 0.3) is 5.56 Å². The molecule has 13 heteroatoms. The molecule has 214 valence electrons. The minimum absolute atomic E-state index is 0.0414. The van der Waals surface area contributed by atoms with Crippen LogP contribution in [0.2, 0.25) is 0 Å². The second-order valence-corrected chi connectivity index (χ2v) is 12.2. The maximum Gasteiger partial charge on any atom is 0.332 e. The van der Waals surface area contributed by atoms with Crippen LogP contribution in [-0.2, 0) is 30.0 Å². The van der Waals surface area contributed by atoms with Gasteiger partial charge in [-0.15, -0.1) is 0 Å². The molecule has 40 heavy (non-hydrogen) atoms. The van der Waals surface area contributed by atoms with E-state index in [9.17, 15) is 22.8 Å². The van der Waals surface area contributed by atoms with Crippen molar-refractivity contribution < 1.29 is 13.2 Å². The molecule has 0 aliphatic carbocycles. The quantitative estimate of drug-likeness (QED) is 0.281. The van der Waals surface area contributed by atoms with Crippen molar-refractivity contribution >= 4 is 32.7 Å². The first kappa shape index (κ1) is 29.0. The van der Waals surface area contributed by atoms with Gasteiger partial charge in [-0.2, -0.15) is 4.98 Å². The van der Waals surface area contributed by atoms with Gasteiger partial charge < -0.3 is 20.9 Å². The van der Waals surface area contributed by atoms with E-state index in [-0.39, 0.29) is 27.7 Å². The van der Waals surface area contributed by atoms with Crippen molar-refractivity contribution in [3.63, 3.8) is 0 Å². The number of sulfone groups is 1. The molecule has 3 aromatic rings. The Morgan fingerprint density at radius 1 is 1.18 bits per heavy atom. The Bertz CT molecular complexity index is 1730. The highest BCUT2D eigenvalue weighted by Gasteiger charge is 2.27. The summed E-state index contributed by atoms with van der Waals surface area (Å²) in [5.74, 6) is -0.552. The molecule has 0 saturated carbocycles. The molecule has 0 radical (unpaired) electrons. The Balaban J connectivity index is 1.86. The van der Waals surface area contributed by atoms with Crippen LogP contribution in [0.5, 0.6) is 0 Å². The SMILES string of the molecule is CC(C)=CCn1c(N2CCCC(N)C2)nc2c1c(=O)n(CC(=O)c1ccccc1S(=O)(=O)CC=CN)c(=O)n2C. The first-order valence-electron chi connectivity index (χ1n) is 13.0. The van der Waals surface area contributed by atoms with E-state index < -0.39 is 39.2 Å². The first-order valence-corrected chi connectivity index (χ1v) is 14.7. The van der Waals surface area contributed by atoms with Crippen LogP contribution in [0.3, 0.4) is 0 Å². The van der Waals surface area contributed by atoms with Gasteiger partial charge in [-0.3, -0.25) is 18.7 Å². The molecule has 1 unspecified atom stereocenters. The van der Waals surface area contributed by atoms with Crippen LogP contribution in [0.15, 0.2) is 62.7 Å². The fourth-order valence-corrected chi connectivity index (χ4v) is 6.20. The van der Waals surface area contributed by atoms with Gasteiger partial charge in [-0.25, -0.2) is 13.2 Å². The number of Topliss-reactive ketones (excluding diaryl/α,β-unsaturated/α-hetero) is 1. The van der Waals surface area contributed by atoms with Gasteiger partial charge >= 0.3 is 5.69 Å². The van der Waals surface area contributed by atoms with E-state index >= 15 is 0 Å². The number of nitrogens with two attached hydrogens (primary N) is 2. The molecule has 1 aromatic carbocycles. The summed E-state index contributed by atoms with van der Waals surface area (Å²) in [5, 5.41) is 0. The van der Waals surface area contributed by atoms with E-state index in [0.29, 0.717) is 25.6 Å². The number of carbonyl (C=O) groups excluding carboxylic acids is 1. The number of allylic oxidation sites excluding steroid dienone is 2. The molecule has 0 spiro atoms. The van der Waals surface area contributed by atoms with Crippen LogP contribution in [0, 0.1) is 0 Å². The van der Waals surface area contributed by atoms with Crippen molar-refractivity contribution in [1.29, 1.82) is 0 Å². The Hall–Kier alpha value is -3.97. The summed E-state index contributed by atoms with van der Waals surface area (Å²) < 4.78 is 29.5. The van der Waals surface area contributed by atoms with Gasteiger partial charge in [-0.05, 0) is 39.0 Å². The normalized spacial score (nSPS) is 16.1. The molecule has 4 N–H and O–H groups in total. The minimum Gasteiger partial charge on any atom is -0.405 e. The molecule has 0 bridgehead atoms. The van der Waals surface area contributed by atoms with E-state index in [1.54, 1.807) is 4.57 Å². The zero-order valence-corrected chi connectivity index (χ0v) is 23.7. The number of piperidine rings is 1. The number of hydrogen-bond donors (Lipinski definition) is 2. The lowest BCUT2D eigenvalue weighted by molar-refractivity contribution is 0.0965. The number of benzene rings is 1. The molecule has 1 saturated heterocycles. The smallest absolute Gasteiger partial charge is 0.332 e. The van der Waals surface area contributed by atoms with E-state index in [2.05, 4.69) is 0 Å². The largest absolute Gasteiger partial charge is 0.405 e. The van der Waals surface area contributed by atoms with Crippen molar-refractivity contribution in [3.05, 3.63) is 74.6 Å². The van der Waals surface area contributed by atoms with Crippen molar-refractivity contribution in [3.8, 4) is 0 Å². The first-order chi connectivity index (χ1) is 19.0. The fraction of sp³-hybridized carbons (Fsp3) is 0.407. The average molecular weight is 570 g/mol. The maximum absolute atomic E-state index is 13.8. The van der Waals surface area contributed by atoms with Crippen LogP contribution in [-0.4, -0.2) is 57.8 Å². The highest BCUT2D eigenvalue weighted by molar-refractivity contribution is 7.91. The van der Waals surface area contributed by atoms with E-state index in [1.807, 2.05) is 24.8 Å². The lowest BCUT2D eigenvalue weighted by Crippen LogP contribution is -2.44. The second-order valence-electron chi connectivity index (χ2n) is 10.2. The number of anilines is 1. The molecule has 1 aliphatic rings. The van der Waals surface area contributed by atoms with Crippen LogP contribution >= 0.6 is 0 Å². The van der Waals surface area contributed by atoms with Gasteiger partial charge in [0.1, 0.15) is 0 Å². The Morgan fingerprint density at radius 3 is 2.58 bits per heavy atom. The summed E-state index contributed by atoms with van der Waals surface area (Å²) in [4.78, 5) is 47.1. The third kappa shape index (κ3) is 5.65. The summed E-state index contributed by atoms with van der Waals surface area (Å²) in [6.45, 7) is 4.84. The monoisotopic (exact) mass is 569 g/mol. The van der Waals surface area contributed by atoms with Crippen LogP contribution in [0.4, 0.5) is 5.95 Å². The van der Waals surface area contributed by atoms with Crippen LogP contribution in [0.1, 0.15) is 37.0 Å².